The van der Waals surface area contributed by atoms with Crippen LogP contribution in [-0.2, 0) is 10.8 Å². The molecule has 0 bridgehead atoms. The molecule has 1 aromatic carbocycles. The average Bonchev–Trinajstić information content (AvgIpc) is 2.12. The lowest BCUT2D eigenvalue weighted by Gasteiger charge is -2.28. The third kappa shape index (κ3) is 2.74. The first-order valence-electron chi connectivity index (χ1n) is 6.00. The molecule has 1 aromatic rings. The Balaban J connectivity index is 3.55. The topological polar surface area (TPSA) is 29.5 Å². The van der Waals surface area contributed by atoms with Crippen molar-refractivity contribution in [2.75, 3.05) is 7.11 Å². The predicted octanol–water partition coefficient (Wildman–Crippen LogP) is 4.00. The SMILES string of the molecule is COc1ccc(C(C)(C)C)c(O)c1C(C)(C)C. The zero-order valence-electron chi connectivity index (χ0n) is 12.0. The molecule has 0 radical (unpaired) electrons. The van der Waals surface area contributed by atoms with Gasteiger partial charge in [-0.1, -0.05) is 47.6 Å². The van der Waals surface area contributed by atoms with Crippen LogP contribution in [0.1, 0.15) is 52.7 Å². The first-order chi connectivity index (χ1) is 7.59. The third-order valence-corrected chi connectivity index (χ3v) is 2.92. The van der Waals surface area contributed by atoms with E-state index in [0.717, 1.165) is 16.9 Å². The van der Waals surface area contributed by atoms with Gasteiger partial charge in [0.1, 0.15) is 11.5 Å². The molecule has 2 nitrogen and oxygen atoms in total. The maximum Gasteiger partial charge on any atom is 0.126 e. The largest absolute Gasteiger partial charge is 0.507 e. The van der Waals surface area contributed by atoms with E-state index in [4.69, 9.17) is 4.74 Å². The van der Waals surface area contributed by atoms with Crippen molar-refractivity contribution in [2.45, 2.75) is 52.4 Å². The summed E-state index contributed by atoms with van der Waals surface area (Å²) in [5.74, 6) is 1.12. The van der Waals surface area contributed by atoms with Gasteiger partial charge in [-0.2, -0.15) is 0 Å². The summed E-state index contributed by atoms with van der Waals surface area (Å²) in [6.45, 7) is 12.5. The van der Waals surface area contributed by atoms with E-state index >= 15 is 0 Å². The summed E-state index contributed by atoms with van der Waals surface area (Å²) in [4.78, 5) is 0. The maximum atomic E-state index is 10.5. The molecule has 96 valence electrons. The molecule has 0 aliphatic carbocycles. The molecule has 1 rings (SSSR count). The highest BCUT2D eigenvalue weighted by Crippen LogP contribution is 2.43. The van der Waals surface area contributed by atoms with Crippen LogP contribution in [0.5, 0.6) is 11.5 Å². The summed E-state index contributed by atoms with van der Waals surface area (Å²) in [5.41, 5.74) is 1.63. The fourth-order valence-corrected chi connectivity index (χ4v) is 2.07. The van der Waals surface area contributed by atoms with Crippen molar-refractivity contribution in [3.63, 3.8) is 0 Å². The highest BCUT2D eigenvalue weighted by Gasteiger charge is 2.28. The quantitative estimate of drug-likeness (QED) is 0.798. The summed E-state index contributed by atoms with van der Waals surface area (Å²) in [6.07, 6.45) is 0. The lowest BCUT2D eigenvalue weighted by Crippen LogP contribution is -2.18. The van der Waals surface area contributed by atoms with E-state index in [2.05, 4.69) is 41.5 Å². The molecule has 2 heteroatoms. The monoisotopic (exact) mass is 236 g/mol. The van der Waals surface area contributed by atoms with Gasteiger partial charge in [-0.15, -0.1) is 0 Å². The smallest absolute Gasteiger partial charge is 0.126 e. The molecule has 17 heavy (non-hydrogen) atoms. The third-order valence-electron chi connectivity index (χ3n) is 2.92. The number of ether oxygens (including phenoxy) is 1. The van der Waals surface area contributed by atoms with Crippen molar-refractivity contribution < 1.29 is 9.84 Å². The molecule has 0 spiro atoms. The van der Waals surface area contributed by atoms with Crippen molar-refractivity contribution in [3.05, 3.63) is 23.3 Å². The Bertz CT molecular complexity index is 406. The molecule has 0 heterocycles. The van der Waals surface area contributed by atoms with Gasteiger partial charge in [-0.05, 0) is 22.5 Å². The van der Waals surface area contributed by atoms with Crippen molar-refractivity contribution in [3.8, 4) is 11.5 Å². The number of hydrogen-bond donors (Lipinski definition) is 1. The number of methoxy groups -OCH3 is 1. The molecule has 0 saturated carbocycles. The van der Waals surface area contributed by atoms with Gasteiger partial charge in [0.15, 0.2) is 0 Å². The number of aromatic hydroxyl groups is 1. The number of phenolic OH excluding ortho intramolecular Hbond substituents is 1. The summed E-state index contributed by atoms with van der Waals surface area (Å²) >= 11 is 0. The van der Waals surface area contributed by atoms with Crippen LogP contribution < -0.4 is 4.74 Å². The molecule has 0 fully saturated rings. The van der Waals surface area contributed by atoms with Crippen LogP contribution in [0, 0.1) is 0 Å². The van der Waals surface area contributed by atoms with Crippen LogP contribution in [0.25, 0.3) is 0 Å². The molecule has 0 unspecified atom stereocenters. The van der Waals surface area contributed by atoms with Gasteiger partial charge in [-0.25, -0.2) is 0 Å². The van der Waals surface area contributed by atoms with Crippen LogP contribution in [0.4, 0.5) is 0 Å². The van der Waals surface area contributed by atoms with Gasteiger partial charge < -0.3 is 9.84 Å². The molecule has 0 aliphatic heterocycles. The minimum atomic E-state index is -0.142. The molecule has 0 amide bonds. The molecule has 0 aromatic heterocycles. The molecular weight excluding hydrogens is 212 g/mol. The maximum absolute atomic E-state index is 10.5. The van der Waals surface area contributed by atoms with E-state index < -0.39 is 0 Å². The van der Waals surface area contributed by atoms with E-state index in [1.807, 2.05) is 12.1 Å². The summed E-state index contributed by atoms with van der Waals surface area (Å²) in [5, 5.41) is 10.5. The Kier molecular flexibility index (Phi) is 3.47. The second-order valence-electron chi connectivity index (χ2n) is 6.54. The minimum absolute atomic E-state index is 0.0731. The van der Waals surface area contributed by atoms with Crippen molar-refractivity contribution in [2.24, 2.45) is 0 Å². The van der Waals surface area contributed by atoms with Crippen molar-refractivity contribution >= 4 is 0 Å². The first-order valence-corrected chi connectivity index (χ1v) is 6.00. The standard InChI is InChI=1S/C15H24O2/c1-14(2,3)10-8-9-11(17-7)12(13(10)16)15(4,5)6/h8-9,16H,1-7H3. The van der Waals surface area contributed by atoms with E-state index in [1.165, 1.54) is 0 Å². The van der Waals surface area contributed by atoms with Crippen LogP contribution in [-0.4, -0.2) is 12.2 Å². The van der Waals surface area contributed by atoms with Gasteiger partial charge >= 0.3 is 0 Å². The zero-order valence-corrected chi connectivity index (χ0v) is 12.0. The van der Waals surface area contributed by atoms with Crippen LogP contribution >= 0.6 is 0 Å². The van der Waals surface area contributed by atoms with E-state index in [-0.39, 0.29) is 10.8 Å². The molecule has 0 aliphatic rings. The van der Waals surface area contributed by atoms with Gasteiger partial charge in [0.05, 0.1) is 7.11 Å². The Morgan fingerprint density at radius 1 is 0.941 bits per heavy atom. The highest BCUT2D eigenvalue weighted by atomic mass is 16.5. The van der Waals surface area contributed by atoms with E-state index in [9.17, 15) is 5.11 Å². The van der Waals surface area contributed by atoms with Gasteiger partial charge in [-0.3, -0.25) is 0 Å². The lowest BCUT2D eigenvalue weighted by molar-refractivity contribution is 0.375. The van der Waals surface area contributed by atoms with E-state index in [0.29, 0.717) is 5.75 Å². The highest BCUT2D eigenvalue weighted by molar-refractivity contribution is 5.54. The van der Waals surface area contributed by atoms with Crippen molar-refractivity contribution in [1.29, 1.82) is 0 Å². The summed E-state index contributed by atoms with van der Waals surface area (Å²) in [7, 11) is 1.64. The molecular formula is C15H24O2. The summed E-state index contributed by atoms with van der Waals surface area (Å²) < 4.78 is 5.36. The molecule has 1 N–H and O–H groups in total. The fraction of sp³-hybridized carbons (Fsp3) is 0.600. The predicted molar refractivity (Wildman–Crippen MR) is 72.1 cm³/mol. The first kappa shape index (κ1) is 13.9. The van der Waals surface area contributed by atoms with Gasteiger partial charge in [0.2, 0.25) is 0 Å². The van der Waals surface area contributed by atoms with Crippen LogP contribution in [0.15, 0.2) is 12.1 Å². The Hall–Kier alpha value is -1.18. The normalized spacial score (nSPS) is 12.6. The minimum Gasteiger partial charge on any atom is -0.507 e. The second kappa shape index (κ2) is 4.25. The van der Waals surface area contributed by atoms with Crippen LogP contribution in [0.2, 0.25) is 0 Å². The molecule has 0 atom stereocenters. The Morgan fingerprint density at radius 2 is 1.47 bits per heavy atom. The zero-order chi connectivity index (χ0) is 13.4. The number of rotatable bonds is 1. The lowest BCUT2D eigenvalue weighted by atomic mass is 9.79. The van der Waals surface area contributed by atoms with Gasteiger partial charge in [0, 0.05) is 5.56 Å². The molecule has 0 saturated heterocycles. The number of benzene rings is 1. The Labute approximate surface area is 105 Å². The number of hydrogen-bond acceptors (Lipinski definition) is 2. The fourth-order valence-electron chi connectivity index (χ4n) is 2.07. The second-order valence-corrected chi connectivity index (χ2v) is 6.54. The van der Waals surface area contributed by atoms with Gasteiger partial charge in [0.25, 0.3) is 0 Å². The number of phenols is 1. The summed E-state index contributed by atoms with van der Waals surface area (Å²) in [6, 6.07) is 3.89. The average molecular weight is 236 g/mol. The van der Waals surface area contributed by atoms with Crippen LogP contribution in [0.3, 0.4) is 0 Å². The Morgan fingerprint density at radius 3 is 1.82 bits per heavy atom. The van der Waals surface area contributed by atoms with E-state index in [1.54, 1.807) is 7.11 Å². The van der Waals surface area contributed by atoms with Crippen molar-refractivity contribution in [1.82, 2.24) is 0 Å².